The van der Waals surface area contributed by atoms with Gasteiger partial charge in [0.2, 0.25) is 5.95 Å². The van der Waals surface area contributed by atoms with E-state index in [4.69, 9.17) is 20.9 Å². The van der Waals surface area contributed by atoms with Gasteiger partial charge in [-0.15, -0.1) is 0 Å². The van der Waals surface area contributed by atoms with Gasteiger partial charge in [-0.3, -0.25) is 4.57 Å². The number of urea groups is 1. The number of carbonyl (C=O) groups excluding carboxylic acids is 1. The van der Waals surface area contributed by atoms with Crippen LogP contribution in [-0.4, -0.2) is 38.9 Å². The van der Waals surface area contributed by atoms with Crippen molar-refractivity contribution in [3.63, 3.8) is 0 Å². The molecule has 0 radical (unpaired) electrons. The second-order valence-electron chi connectivity index (χ2n) is 7.46. The van der Waals surface area contributed by atoms with Crippen LogP contribution in [0.2, 0.25) is 5.02 Å². The van der Waals surface area contributed by atoms with Gasteiger partial charge in [0, 0.05) is 36.9 Å². The molecule has 0 bridgehead atoms. The molecule has 0 fully saturated rings. The number of hydrogen-bond donors (Lipinski definition) is 3. The summed E-state index contributed by atoms with van der Waals surface area (Å²) in [6.45, 7) is 0.145. The molecule has 2 aromatic heterocycles. The molecule has 2 aromatic carbocycles. The van der Waals surface area contributed by atoms with Gasteiger partial charge in [-0.05, 0) is 47.1 Å². The Morgan fingerprint density at radius 1 is 1.06 bits per heavy atom. The Morgan fingerprint density at radius 3 is 2.47 bits per heavy atom. The third-order valence-corrected chi connectivity index (χ3v) is 5.25. The lowest BCUT2D eigenvalue weighted by atomic mass is 10.2. The molecule has 0 spiro atoms. The summed E-state index contributed by atoms with van der Waals surface area (Å²) >= 11 is 5.98. The Kier molecular flexibility index (Phi) is 7.66. The van der Waals surface area contributed by atoms with Gasteiger partial charge in [0.1, 0.15) is 12.0 Å². The Morgan fingerprint density at radius 2 is 1.81 bits per heavy atom. The fourth-order valence-electron chi connectivity index (χ4n) is 3.21. The Hall–Kier alpha value is -4.58. The number of halogens is 1. The number of nitrogens with zero attached hydrogens (tertiary/aromatic N) is 4. The molecule has 0 unspecified atom stereocenters. The molecule has 13 heteroatoms. The molecule has 2 amide bonds. The third-order valence-electron chi connectivity index (χ3n) is 5.00. The minimum Gasteiger partial charge on any atom is -0.436 e. The van der Waals surface area contributed by atoms with E-state index in [9.17, 15) is 14.4 Å². The van der Waals surface area contributed by atoms with Gasteiger partial charge in [0.15, 0.2) is 0 Å². The largest absolute Gasteiger partial charge is 0.436 e. The molecule has 36 heavy (non-hydrogen) atoms. The van der Waals surface area contributed by atoms with Crippen LogP contribution in [-0.2, 0) is 13.1 Å². The highest BCUT2D eigenvalue weighted by Crippen LogP contribution is 2.23. The van der Waals surface area contributed by atoms with Gasteiger partial charge in [-0.25, -0.2) is 19.0 Å². The van der Waals surface area contributed by atoms with E-state index in [0.29, 0.717) is 22.3 Å². The zero-order valence-corrected chi connectivity index (χ0v) is 19.9. The quantitative estimate of drug-likeness (QED) is 0.311. The summed E-state index contributed by atoms with van der Waals surface area (Å²) < 4.78 is 12.6. The van der Waals surface area contributed by atoms with E-state index < -0.39 is 17.4 Å². The van der Waals surface area contributed by atoms with Crippen molar-refractivity contribution in [1.82, 2.24) is 29.9 Å². The first kappa shape index (κ1) is 24.5. The fraction of sp³-hybridized carbons (Fsp3) is 0.174. The zero-order chi connectivity index (χ0) is 25.5. The van der Waals surface area contributed by atoms with Gasteiger partial charge in [-0.2, -0.15) is 4.98 Å². The van der Waals surface area contributed by atoms with Crippen LogP contribution < -0.4 is 32.1 Å². The van der Waals surface area contributed by atoms with E-state index in [0.717, 1.165) is 10.1 Å². The summed E-state index contributed by atoms with van der Waals surface area (Å²) in [7, 11) is 1.47. The number of hydrogen-bond acceptors (Lipinski definition) is 8. The number of amides is 2. The van der Waals surface area contributed by atoms with Crippen molar-refractivity contribution >= 4 is 29.3 Å². The fourth-order valence-corrected chi connectivity index (χ4v) is 3.34. The van der Waals surface area contributed by atoms with E-state index in [-0.39, 0.29) is 25.6 Å². The van der Waals surface area contributed by atoms with Crippen LogP contribution in [0, 0.1) is 0 Å². The lowest BCUT2D eigenvalue weighted by Gasteiger charge is -2.16. The normalized spacial score (nSPS) is 10.6. The monoisotopic (exact) mass is 511 g/mol. The van der Waals surface area contributed by atoms with Crippen molar-refractivity contribution in [2.24, 2.45) is 0 Å². The van der Waals surface area contributed by atoms with Crippen LogP contribution >= 0.6 is 11.6 Å². The minimum absolute atomic E-state index is 0.0485. The van der Waals surface area contributed by atoms with Crippen LogP contribution in [0.25, 0.3) is 0 Å². The van der Waals surface area contributed by atoms with E-state index in [1.165, 1.54) is 17.9 Å². The maximum Gasteiger partial charge on any atom is 0.355 e. The predicted octanol–water partition coefficient (Wildman–Crippen LogP) is 2.56. The molecule has 186 valence electrons. The highest BCUT2D eigenvalue weighted by molar-refractivity contribution is 6.30. The van der Waals surface area contributed by atoms with Crippen LogP contribution in [0.3, 0.4) is 0 Å². The molecular formula is C23H22ClN7O5. The van der Waals surface area contributed by atoms with Crippen LogP contribution in [0.5, 0.6) is 11.6 Å². The van der Waals surface area contributed by atoms with E-state index >= 15 is 0 Å². The zero-order valence-electron chi connectivity index (χ0n) is 19.1. The number of nitrogens with one attached hydrogen (secondary N) is 3. The van der Waals surface area contributed by atoms with Crippen LogP contribution in [0.15, 0.2) is 75.0 Å². The molecule has 12 nitrogen and oxygen atoms in total. The van der Waals surface area contributed by atoms with Crippen LogP contribution in [0.4, 0.5) is 16.4 Å². The van der Waals surface area contributed by atoms with Crippen molar-refractivity contribution in [2.45, 2.75) is 13.1 Å². The van der Waals surface area contributed by atoms with Crippen molar-refractivity contribution in [3.05, 3.63) is 92.4 Å². The molecule has 3 N–H and O–H groups in total. The molecule has 0 aliphatic heterocycles. The number of anilines is 2. The molecule has 0 atom stereocenters. The summed E-state index contributed by atoms with van der Waals surface area (Å²) in [5.74, 6) is 0.879. The lowest BCUT2D eigenvalue weighted by molar-refractivity contribution is 0.242. The smallest absolute Gasteiger partial charge is 0.355 e. The topological polar surface area (TPSA) is 145 Å². The SMILES string of the molecule is CNC(=O)NCCn1c(=O)nc(Nc2ccc(Oc3ccon3)cc2)n(Cc2ccc(Cl)cc2)c1=O. The average Bonchev–Trinajstić information content (AvgIpc) is 3.39. The van der Waals surface area contributed by atoms with Gasteiger partial charge >= 0.3 is 17.4 Å². The van der Waals surface area contributed by atoms with E-state index in [1.54, 1.807) is 54.6 Å². The van der Waals surface area contributed by atoms with Gasteiger partial charge in [0.05, 0.1) is 6.54 Å². The van der Waals surface area contributed by atoms with Crippen molar-refractivity contribution in [1.29, 1.82) is 0 Å². The number of ether oxygens (including phenoxy) is 1. The highest BCUT2D eigenvalue weighted by Gasteiger charge is 2.15. The summed E-state index contributed by atoms with van der Waals surface area (Å²) in [6, 6.07) is 14.9. The first-order valence-corrected chi connectivity index (χ1v) is 11.2. The summed E-state index contributed by atoms with van der Waals surface area (Å²) in [5, 5.41) is 12.2. The van der Waals surface area contributed by atoms with Gasteiger partial charge < -0.3 is 25.2 Å². The van der Waals surface area contributed by atoms with Gasteiger partial charge in [-0.1, -0.05) is 23.7 Å². The molecule has 4 rings (SSSR count). The molecule has 0 aliphatic rings. The highest BCUT2D eigenvalue weighted by atomic mass is 35.5. The number of carbonyl (C=O) groups is 1. The average molecular weight is 512 g/mol. The first-order chi connectivity index (χ1) is 17.4. The van der Waals surface area contributed by atoms with Crippen molar-refractivity contribution in [2.75, 3.05) is 18.9 Å². The number of benzene rings is 2. The molecule has 0 saturated heterocycles. The maximum atomic E-state index is 13.3. The van der Waals surface area contributed by atoms with E-state index in [2.05, 4.69) is 26.1 Å². The molecule has 0 saturated carbocycles. The standard InChI is InChI=1S/C23H22ClN7O5/c1-25-21(32)26-11-12-30-22(33)28-20(31(23(30)34)14-15-2-4-16(24)5-3-15)27-17-6-8-18(9-7-17)36-19-10-13-35-29-19/h2-10,13H,11-12,14H2,1H3,(H2,25,26,32)(H,27,28,33). The van der Waals surface area contributed by atoms with E-state index in [1.807, 2.05) is 0 Å². The second kappa shape index (κ2) is 11.2. The second-order valence-corrected chi connectivity index (χ2v) is 7.90. The summed E-state index contributed by atoms with van der Waals surface area (Å²) in [6.07, 6.45) is 1.40. The van der Waals surface area contributed by atoms with Crippen LogP contribution in [0.1, 0.15) is 5.56 Å². The Labute approximate surface area is 209 Å². The number of rotatable bonds is 9. The Bertz CT molecular complexity index is 1430. The van der Waals surface area contributed by atoms with Crippen molar-refractivity contribution < 1.29 is 14.1 Å². The first-order valence-electron chi connectivity index (χ1n) is 10.8. The molecular weight excluding hydrogens is 490 g/mol. The predicted molar refractivity (Wildman–Crippen MR) is 132 cm³/mol. The van der Waals surface area contributed by atoms with Gasteiger partial charge in [0.25, 0.3) is 5.88 Å². The number of aromatic nitrogens is 4. The summed E-state index contributed by atoms with van der Waals surface area (Å²) in [4.78, 5) is 41.5. The summed E-state index contributed by atoms with van der Waals surface area (Å²) in [5.41, 5.74) is 0.00535. The maximum absolute atomic E-state index is 13.3. The lowest BCUT2D eigenvalue weighted by Crippen LogP contribution is -2.45. The minimum atomic E-state index is -0.750. The molecule has 0 aliphatic carbocycles. The third kappa shape index (κ3) is 6.10. The molecule has 2 heterocycles. The van der Waals surface area contributed by atoms with Crippen molar-refractivity contribution in [3.8, 4) is 11.6 Å². The molecule has 4 aromatic rings. The Balaban J connectivity index is 1.62.